The van der Waals surface area contributed by atoms with Gasteiger partial charge in [0.1, 0.15) is 0 Å². The van der Waals surface area contributed by atoms with Crippen LogP contribution in [0.3, 0.4) is 0 Å². The van der Waals surface area contributed by atoms with Crippen molar-refractivity contribution in [1.82, 2.24) is 15.1 Å². The average Bonchev–Trinajstić information content (AvgIpc) is 2.97. The van der Waals surface area contributed by atoms with Gasteiger partial charge in [0, 0.05) is 30.4 Å². The van der Waals surface area contributed by atoms with Gasteiger partial charge in [0.15, 0.2) is 0 Å². The summed E-state index contributed by atoms with van der Waals surface area (Å²) in [6, 6.07) is 7.70. The molecule has 0 aliphatic carbocycles. The summed E-state index contributed by atoms with van der Waals surface area (Å²) in [6.45, 7) is 8.54. The van der Waals surface area contributed by atoms with Gasteiger partial charge in [-0.1, -0.05) is 32.9 Å². The van der Waals surface area contributed by atoms with E-state index in [1.165, 1.54) is 0 Å². The lowest BCUT2D eigenvalue weighted by molar-refractivity contribution is -0.00973. The number of aromatic amines is 1. The van der Waals surface area contributed by atoms with Crippen molar-refractivity contribution >= 4 is 5.91 Å². The number of nitrogens with one attached hydrogen (secondary N) is 1. The van der Waals surface area contributed by atoms with Crippen molar-refractivity contribution < 1.29 is 9.53 Å². The second-order valence-electron chi connectivity index (χ2n) is 7.37. The number of benzene rings is 1. The quantitative estimate of drug-likeness (QED) is 0.920. The first-order chi connectivity index (χ1) is 11.4. The fourth-order valence-corrected chi connectivity index (χ4v) is 3.06. The molecule has 0 saturated carbocycles. The Morgan fingerprint density at radius 3 is 2.58 bits per heavy atom. The van der Waals surface area contributed by atoms with Crippen molar-refractivity contribution in [3.05, 3.63) is 42.2 Å². The van der Waals surface area contributed by atoms with E-state index in [1.807, 2.05) is 35.4 Å². The molecule has 1 amide bonds. The highest BCUT2D eigenvalue weighted by molar-refractivity contribution is 5.94. The van der Waals surface area contributed by atoms with Gasteiger partial charge in [-0.15, -0.1) is 0 Å². The van der Waals surface area contributed by atoms with Crippen LogP contribution in [0, 0.1) is 5.41 Å². The molecule has 1 unspecified atom stereocenters. The van der Waals surface area contributed by atoms with Crippen LogP contribution >= 0.6 is 0 Å². The third-order valence-corrected chi connectivity index (χ3v) is 4.56. The summed E-state index contributed by atoms with van der Waals surface area (Å²) in [6.07, 6.45) is 4.69. The molecular formula is C19H25N3O2. The standard InChI is InChI=1S/C19H25N3O2/c1-19(2,3)17-8-9-22(10-11-24-17)18(23)15-6-4-14(5-7-15)16-12-20-21-13-16/h4-7,12-13,17H,8-11H2,1-3H3,(H,20,21). The van der Waals surface area contributed by atoms with Gasteiger partial charge in [0.25, 0.3) is 5.91 Å². The Balaban J connectivity index is 1.68. The third-order valence-electron chi connectivity index (χ3n) is 4.56. The smallest absolute Gasteiger partial charge is 0.253 e. The van der Waals surface area contributed by atoms with E-state index in [-0.39, 0.29) is 17.4 Å². The maximum absolute atomic E-state index is 12.8. The van der Waals surface area contributed by atoms with Crippen molar-refractivity contribution in [2.24, 2.45) is 5.41 Å². The first-order valence-electron chi connectivity index (χ1n) is 8.45. The third kappa shape index (κ3) is 3.67. The minimum atomic E-state index is 0.0758. The van der Waals surface area contributed by atoms with Gasteiger partial charge in [0.2, 0.25) is 0 Å². The van der Waals surface area contributed by atoms with Crippen molar-refractivity contribution in [3.8, 4) is 11.1 Å². The predicted octanol–water partition coefficient (Wildman–Crippen LogP) is 3.35. The summed E-state index contributed by atoms with van der Waals surface area (Å²) in [7, 11) is 0. The van der Waals surface area contributed by atoms with E-state index >= 15 is 0 Å². The molecule has 1 aliphatic rings. The molecular weight excluding hydrogens is 302 g/mol. The Morgan fingerprint density at radius 1 is 1.21 bits per heavy atom. The molecule has 1 saturated heterocycles. The van der Waals surface area contributed by atoms with Gasteiger partial charge in [-0.3, -0.25) is 9.89 Å². The van der Waals surface area contributed by atoms with Crippen molar-refractivity contribution in [2.45, 2.75) is 33.3 Å². The SMILES string of the molecule is CC(C)(C)C1CCN(C(=O)c2ccc(-c3cn[nH]c3)cc2)CCO1. The number of carbonyl (C=O) groups excluding carboxylic acids is 1. The number of ether oxygens (including phenoxy) is 1. The Hall–Kier alpha value is -2.14. The summed E-state index contributed by atoms with van der Waals surface area (Å²) < 4.78 is 5.95. The summed E-state index contributed by atoms with van der Waals surface area (Å²) in [5.41, 5.74) is 2.89. The number of H-pyrrole nitrogens is 1. The van der Waals surface area contributed by atoms with Crippen molar-refractivity contribution in [3.63, 3.8) is 0 Å². The van der Waals surface area contributed by atoms with Crippen LogP contribution < -0.4 is 0 Å². The largest absolute Gasteiger partial charge is 0.376 e. The predicted molar refractivity (Wildman–Crippen MR) is 93.7 cm³/mol. The van der Waals surface area contributed by atoms with E-state index in [9.17, 15) is 4.79 Å². The second kappa shape index (κ2) is 6.77. The Morgan fingerprint density at radius 2 is 1.96 bits per heavy atom. The van der Waals surface area contributed by atoms with Gasteiger partial charge in [0.05, 0.1) is 18.9 Å². The lowest BCUT2D eigenvalue weighted by atomic mass is 9.87. The van der Waals surface area contributed by atoms with E-state index in [2.05, 4.69) is 31.0 Å². The highest BCUT2D eigenvalue weighted by Gasteiger charge is 2.29. The first kappa shape index (κ1) is 16.7. The molecule has 2 heterocycles. The summed E-state index contributed by atoms with van der Waals surface area (Å²) in [5, 5.41) is 6.75. The molecule has 0 bridgehead atoms. The van der Waals surface area contributed by atoms with E-state index in [1.54, 1.807) is 6.20 Å². The lowest BCUT2D eigenvalue weighted by Crippen LogP contribution is -2.33. The molecule has 2 aromatic rings. The van der Waals surface area contributed by atoms with Crippen LogP contribution in [-0.2, 0) is 4.74 Å². The normalized spacial score (nSPS) is 19.1. The highest BCUT2D eigenvalue weighted by Crippen LogP contribution is 2.27. The lowest BCUT2D eigenvalue weighted by Gasteiger charge is -2.29. The van der Waals surface area contributed by atoms with Gasteiger partial charge < -0.3 is 9.64 Å². The molecule has 5 heteroatoms. The topological polar surface area (TPSA) is 58.2 Å². The summed E-state index contributed by atoms with van der Waals surface area (Å²) >= 11 is 0. The van der Waals surface area contributed by atoms with E-state index in [0.29, 0.717) is 13.2 Å². The number of carbonyl (C=O) groups is 1. The number of aromatic nitrogens is 2. The summed E-state index contributed by atoms with van der Waals surface area (Å²) in [4.78, 5) is 14.7. The number of amides is 1. The zero-order valence-corrected chi connectivity index (χ0v) is 14.6. The van der Waals surface area contributed by atoms with E-state index in [0.717, 1.165) is 29.7 Å². The van der Waals surface area contributed by atoms with Gasteiger partial charge >= 0.3 is 0 Å². The minimum absolute atomic E-state index is 0.0758. The fourth-order valence-electron chi connectivity index (χ4n) is 3.06. The van der Waals surface area contributed by atoms with Crippen LogP contribution in [0.25, 0.3) is 11.1 Å². The zero-order valence-electron chi connectivity index (χ0n) is 14.6. The average molecular weight is 327 g/mol. The number of hydrogen-bond acceptors (Lipinski definition) is 3. The summed E-state index contributed by atoms with van der Waals surface area (Å²) in [5.74, 6) is 0.0758. The highest BCUT2D eigenvalue weighted by atomic mass is 16.5. The number of nitrogens with zero attached hydrogens (tertiary/aromatic N) is 2. The Labute approximate surface area is 143 Å². The Kier molecular flexibility index (Phi) is 4.71. The van der Waals surface area contributed by atoms with Gasteiger partial charge in [-0.25, -0.2) is 0 Å². The molecule has 24 heavy (non-hydrogen) atoms. The molecule has 1 fully saturated rings. The molecule has 1 N–H and O–H groups in total. The van der Waals surface area contributed by atoms with Crippen molar-refractivity contribution in [2.75, 3.05) is 19.7 Å². The molecule has 0 radical (unpaired) electrons. The van der Waals surface area contributed by atoms with Crippen LogP contribution in [0.2, 0.25) is 0 Å². The monoisotopic (exact) mass is 327 g/mol. The van der Waals surface area contributed by atoms with Crippen LogP contribution in [0.1, 0.15) is 37.6 Å². The van der Waals surface area contributed by atoms with Gasteiger partial charge in [-0.05, 0) is 29.5 Å². The van der Waals surface area contributed by atoms with Crippen molar-refractivity contribution in [1.29, 1.82) is 0 Å². The van der Waals surface area contributed by atoms with Crippen LogP contribution in [-0.4, -0.2) is 46.8 Å². The zero-order chi connectivity index (χ0) is 17.2. The number of hydrogen-bond donors (Lipinski definition) is 1. The molecule has 1 atom stereocenters. The molecule has 5 nitrogen and oxygen atoms in total. The maximum atomic E-state index is 12.8. The van der Waals surface area contributed by atoms with E-state index in [4.69, 9.17) is 4.74 Å². The molecule has 128 valence electrons. The molecule has 1 aromatic carbocycles. The second-order valence-corrected chi connectivity index (χ2v) is 7.37. The van der Waals surface area contributed by atoms with Crippen LogP contribution in [0.15, 0.2) is 36.7 Å². The molecule has 3 rings (SSSR count). The van der Waals surface area contributed by atoms with Crippen LogP contribution in [0.4, 0.5) is 0 Å². The maximum Gasteiger partial charge on any atom is 0.253 e. The minimum Gasteiger partial charge on any atom is -0.376 e. The fraction of sp³-hybridized carbons (Fsp3) is 0.474. The van der Waals surface area contributed by atoms with Crippen LogP contribution in [0.5, 0.6) is 0 Å². The Bertz CT molecular complexity index is 672. The molecule has 1 aromatic heterocycles. The number of rotatable bonds is 2. The molecule has 0 spiro atoms. The first-order valence-corrected chi connectivity index (χ1v) is 8.45. The van der Waals surface area contributed by atoms with E-state index < -0.39 is 0 Å². The molecule has 1 aliphatic heterocycles. The van der Waals surface area contributed by atoms with Gasteiger partial charge in [-0.2, -0.15) is 5.10 Å².